The molecule has 0 atom stereocenters. The van der Waals surface area contributed by atoms with Crippen molar-refractivity contribution in [1.82, 2.24) is 0 Å². The molecule has 0 aliphatic rings. The minimum atomic E-state index is -0.156. The summed E-state index contributed by atoms with van der Waals surface area (Å²) in [6, 6.07) is 21.7. The quantitative estimate of drug-likeness (QED) is 0.609. The average molecular weight is 293 g/mol. The van der Waals surface area contributed by atoms with Crippen LogP contribution in [0.25, 0.3) is 10.8 Å². The fraction of sp³-hybridized carbons (Fsp3) is 0.200. The molecule has 0 spiro atoms. The van der Waals surface area contributed by atoms with Crippen LogP contribution in [0.15, 0.2) is 66.7 Å². The topological polar surface area (TPSA) is 3.24 Å². The molecule has 2 heteroatoms. The van der Waals surface area contributed by atoms with Crippen molar-refractivity contribution in [3.8, 4) is 0 Å². The summed E-state index contributed by atoms with van der Waals surface area (Å²) in [7, 11) is 0. The van der Waals surface area contributed by atoms with E-state index in [2.05, 4.69) is 48.2 Å². The van der Waals surface area contributed by atoms with Crippen LogP contribution in [-0.2, 0) is 6.54 Å². The molecule has 0 fully saturated rings. The summed E-state index contributed by atoms with van der Waals surface area (Å²) in [6.45, 7) is 3.68. The molecule has 3 aromatic rings. The molecule has 0 unspecified atom stereocenters. The van der Waals surface area contributed by atoms with E-state index in [1.54, 1.807) is 6.07 Å². The van der Waals surface area contributed by atoms with Gasteiger partial charge in [-0.05, 0) is 34.9 Å². The van der Waals surface area contributed by atoms with E-state index in [-0.39, 0.29) is 5.82 Å². The summed E-state index contributed by atoms with van der Waals surface area (Å²) in [5.74, 6) is -0.156. The van der Waals surface area contributed by atoms with Crippen molar-refractivity contribution in [2.45, 2.75) is 19.9 Å². The van der Waals surface area contributed by atoms with Crippen molar-refractivity contribution in [3.63, 3.8) is 0 Å². The van der Waals surface area contributed by atoms with Crippen molar-refractivity contribution in [2.75, 3.05) is 11.4 Å². The lowest BCUT2D eigenvalue weighted by molar-refractivity contribution is 0.614. The lowest BCUT2D eigenvalue weighted by Crippen LogP contribution is -2.24. The lowest BCUT2D eigenvalue weighted by atomic mass is 10.0. The maximum absolute atomic E-state index is 14.1. The minimum absolute atomic E-state index is 0.156. The van der Waals surface area contributed by atoms with E-state index in [0.717, 1.165) is 19.5 Å². The van der Waals surface area contributed by atoms with Crippen LogP contribution in [0.2, 0.25) is 0 Å². The van der Waals surface area contributed by atoms with E-state index in [4.69, 9.17) is 0 Å². The van der Waals surface area contributed by atoms with Crippen molar-refractivity contribution >= 4 is 16.5 Å². The Morgan fingerprint density at radius 2 is 1.59 bits per heavy atom. The molecule has 0 saturated carbocycles. The highest BCUT2D eigenvalue weighted by molar-refractivity contribution is 5.85. The molecular weight excluding hydrogens is 273 g/mol. The van der Waals surface area contributed by atoms with Gasteiger partial charge in [0.15, 0.2) is 0 Å². The zero-order valence-corrected chi connectivity index (χ0v) is 12.8. The van der Waals surface area contributed by atoms with Crippen molar-refractivity contribution in [3.05, 3.63) is 78.1 Å². The third-order valence-corrected chi connectivity index (χ3v) is 3.93. The van der Waals surface area contributed by atoms with Gasteiger partial charge in [-0.25, -0.2) is 4.39 Å². The monoisotopic (exact) mass is 293 g/mol. The Morgan fingerprint density at radius 1 is 0.864 bits per heavy atom. The molecule has 0 bridgehead atoms. The molecule has 0 saturated heterocycles. The number of hydrogen-bond acceptors (Lipinski definition) is 1. The van der Waals surface area contributed by atoms with Gasteiger partial charge in [0.2, 0.25) is 0 Å². The third kappa shape index (κ3) is 2.96. The summed E-state index contributed by atoms with van der Waals surface area (Å²) in [6.07, 6.45) is 0.985. The van der Waals surface area contributed by atoms with Crippen LogP contribution < -0.4 is 4.90 Å². The molecule has 1 nitrogen and oxygen atoms in total. The van der Waals surface area contributed by atoms with Gasteiger partial charge in [-0.1, -0.05) is 61.5 Å². The Hall–Kier alpha value is -2.35. The number of benzene rings is 3. The Labute approximate surface area is 131 Å². The minimum Gasteiger partial charge on any atom is -0.365 e. The number of para-hydroxylation sites is 1. The molecule has 22 heavy (non-hydrogen) atoms. The maximum Gasteiger partial charge on any atom is 0.146 e. The second kappa shape index (κ2) is 6.61. The third-order valence-electron chi connectivity index (χ3n) is 3.93. The predicted molar refractivity (Wildman–Crippen MR) is 91.7 cm³/mol. The van der Waals surface area contributed by atoms with Gasteiger partial charge in [0, 0.05) is 13.1 Å². The molecule has 3 rings (SSSR count). The first-order valence-corrected chi connectivity index (χ1v) is 7.75. The van der Waals surface area contributed by atoms with Crippen molar-refractivity contribution < 1.29 is 4.39 Å². The molecule has 0 aromatic heterocycles. The fourth-order valence-corrected chi connectivity index (χ4v) is 2.90. The second-order valence-electron chi connectivity index (χ2n) is 5.51. The van der Waals surface area contributed by atoms with E-state index in [1.807, 2.05) is 18.2 Å². The van der Waals surface area contributed by atoms with Crippen LogP contribution >= 0.6 is 0 Å². The highest BCUT2D eigenvalue weighted by Crippen LogP contribution is 2.25. The molecule has 0 aliphatic carbocycles. The van der Waals surface area contributed by atoms with Gasteiger partial charge in [0.05, 0.1) is 5.69 Å². The van der Waals surface area contributed by atoms with E-state index >= 15 is 0 Å². The summed E-state index contributed by atoms with van der Waals surface area (Å²) in [4.78, 5) is 2.12. The Bertz CT molecular complexity index is 761. The number of nitrogens with zero attached hydrogens (tertiary/aromatic N) is 1. The average Bonchev–Trinajstić information content (AvgIpc) is 2.55. The molecule has 0 N–H and O–H groups in total. The highest BCUT2D eigenvalue weighted by atomic mass is 19.1. The van der Waals surface area contributed by atoms with Crippen LogP contribution in [0.3, 0.4) is 0 Å². The number of anilines is 1. The van der Waals surface area contributed by atoms with E-state index in [0.29, 0.717) is 5.69 Å². The molecule has 3 aromatic carbocycles. The van der Waals surface area contributed by atoms with E-state index in [1.165, 1.54) is 22.4 Å². The summed E-state index contributed by atoms with van der Waals surface area (Å²) in [5.41, 5.74) is 1.91. The fourth-order valence-electron chi connectivity index (χ4n) is 2.90. The van der Waals surface area contributed by atoms with Gasteiger partial charge in [0.25, 0.3) is 0 Å². The van der Waals surface area contributed by atoms with Gasteiger partial charge in [0.1, 0.15) is 5.82 Å². The Balaban J connectivity index is 1.98. The normalized spacial score (nSPS) is 10.8. The van der Waals surface area contributed by atoms with Gasteiger partial charge >= 0.3 is 0 Å². The first kappa shape index (κ1) is 14.6. The maximum atomic E-state index is 14.1. The largest absolute Gasteiger partial charge is 0.365 e. The molecule has 0 aliphatic heterocycles. The lowest BCUT2D eigenvalue weighted by Gasteiger charge is -2.25. The number of hydrogen-bond donors (Lipinski definition) is 0. The van der Waals surface area contributed by atoms with Crippen molar-refractivity contribution in [1.29, 1.82) is 0 Å². The first-order valence-electron chi connectivity index (χ1n) is 7.75. The first-order chi connectivity index (χ1) is 10.8. The number of halogens is 1. The van der Waals surface area contributed by atoms with Crippen LogP contribution in [0.4, 0.5) is 10.1 Å². The van der Waals surface area contributed by atoms with E-state index in [9.17, 15) is 4.39 Å². The van der Waals surface area contributed by atoms with Gasteiger partial charge in [-0.3, -0.25) is 0 Å². The smallest absolute Gasteiger partial charge is 0.146 e. The predicted octanol–water partition coefficient (Wildman–Crippen LogP) is 5.40. The standard InChI is InChI=1S/C20H20FN/c1-2-14-22(20-13-6-5-12-19(20)21)15-17-10-7-9-16-8-3-4-11-18(16)17/h3-13H,2,14-15H2,1H3. The van der Waals surface area contributed by atoms with Crippen molar-refractivity contribution in [2.24, 2.45) is 0 Å². The highest BCUT2D eigenvalue weighted by Gasteiger charge is 2.12. The van der Waals surface area contributed by atoms with Crippen LogP contribution in [0, 0.1) is 5.82 Å². The molecule has 0 amide bonds. The molecule has 0 heterocycles. The van der Waals surface area contributed by atoms with Crippen LogP contribution in [0.5, 0.6) is 0 Å². The summed E-state index contributed by atoms with van der Waals surface area (Å²) < 4.78 is 14.1. The number of fused-ring (bicyclic) bond motifs is 1. The Kier molecular flexibility index (Phi) is 4.38. The van der Waals surface area contributed by atoms with E-state index < -0.39 is 0 Å². The van der Waals surface area contributed by atoms with Crippen LogP contribution in [0.1, 0.15) is 18.9 Å². The van der Waals surface area contributed by atoms with Gasteiger partial charge < -0.3 is 4.90 Å². The molecule has 0 radical (unpaired) electrons. The summed E-state index contributed by atoms with van der Waals surface area (Å²) >= 11 is 0. The number of rotatable bonds is 5. The molecular formula is C20H20FN. The second-order valence-corrected chi connectivity index (χ2v) is 5.51. The summed E-state index contributed by atoms with van der Waals surface area (Å²) in [5, 5.41) is 2.47. The zero-order chi connectivity index (χ0) is 15.4. The van der Waals surface area contributed by atoms with Crippen LogP contribution in [-0.4, -0.2) is 6.54 Å². The zero-order valence-electron chi connectivity index (χ0n) is 12.8. The SMILES string of the molecule is CCCN(Cc1cccc2ccccc12)c1ccccc1F. The Morgan fingerprint density at radius 3 is 2.41 bits per heavy atom. The van der Waals surface area contributed by atoms with Gasteiger partial charge in [-0.15, -0.1) is 0 Å². The molecule has 112 valence electrons. The van der Waals surface area contributed by atoms with Gasteiger partial charge in [-0.2, -0.15) is 0 Å².